The third-order valence-electron chi connectivity index (χ3n) is 5.96. The minimum Gasteiger partial charge on any atom is -0.486 e. The van der Waals surface area contributed by atoms with Gasteiger partial charge in [0, 0.05) is 5.69 Å². The van der Waals surface area contributed by atoms with Crippen LogP contribution in [0.4, 0.5) is 5.69 Å². The van der Waals surface area contributed by atoms with E-state index in [1.807, 2.05) is 67.1 Å². The lowest BCUT2D eigenvalue weighted by Gasteiger charge is -2.33. The molecule has 4 aromatic rings. The van der Waals surface area contributed by atoms with Gasteiger partial charge in [0.1, 0.15) is 17.6 Å². The zero-order valence-electron chi connectivity index (χ0n) is 19.9. The van der Waals surface area contributed by atoms with Crippen molar-refractivity contribution < 1.29 is 9.53 Å². The van der Waals surface area contributed by atoms with E-state index in [1.165, 1.54) is 11.8 Å². The van der Waals surface area contributed by atoms with Crippen LogP contribution in [0.2, 0.25) is 0 Å². The minimum atomic E-state index is -0.447. The molecule has 1 aliphatic heterocycles. The number of ether oxygens (including phenoxy) is 1. The van der Waals surface area contributed by atoms with Gasteiger partial charge in [-0.15, -0.1) is 10.2 Å². The SMILES string of the molecule is Cc1ccc([C@H]2Nn3c(COc4ccccc4)nnc3S[C@H]2C(=O)Nc2cc(C)ccc2C)cc1. The number of benzene rings is 3. The zero-order chi connectivity index (χ0) is 24.4. The molecule has 0 fully saturated rings. The van der Waals surface area contributed by atoms with Crippen molar-refractivity contribution in [1.29, 1.82) is 0 Å². The number of aromatic nitrogens is 3. The first kappa shape index (κ1) is 23.0. The van der Waals surface area contributed by atoms with Crippen LogP contribution in [-0.2, 0) is 11.4 Å². The molecular formula is C27H27N5O2S. The van der Waals surface area contributed by atoms with E-state index >= 15 is 0 Å². The average molecular weight is 486 g/mol. The molecule has 0 spiro atoms. The Morgan fingerprint density at radius 3 is 2.51 bits per heavy atom. The fraction of sp³-hybridized carbons (Fsp3) is 0.222. The van der Waals surface area contributed by atoms with Crippen molar-refractivity contribution in [1.82, 2.24) is 14.9 Å². The first-order valence-electron chi connectivity index (χ1n) is 11.5. The molecule has 0 saturated heterocycles. The maximum Gasteiger partial charge on any atom is 0.240 e. The topological polar surface area (TPSA) is 81.1 Å². The summed E-state index contributed by atoms with van der Waals surface area (Å²) in [6.07, 6.45) is 0. The first-order chi connectivity index (χ1) is 17.0. The molecule has 178 valence electrons. The van der Waals surface area contributed by atoms with Gasteiger partial charge in [-0.3, -0.25) is 4.79 Å². The first-order valence-corrected chi connectivity index (χ1v) is 12.4. The Bertz CT molecular complexity index is 1340. The second kappa shape index (κ2) is 9.84. The number of aryl methyl sites for hydroxylation is 3. The number of carbonyl (C=O) groups is 1. The maximum atomic E-state index is 13.6. The highest BCUT2D eigenvalue weighted by molar-refractivity contribution is 8.00. The van der Waals surface area contributed by atoms with Crippen LogP contribution in [0.15, 0.2) is 78.0 Å². The highest BCUT2D eigenvalue weighted by Gasteiger charge is 2.38. The van der Waals surface area contributed by atoms with Crippen LogP contribution in [-0.4, -0.2) is 26.0 Å². The smallest absolute Gasteiger partial charge is 0.240 e. The number of nitrogens with one attached hydrogen (secondary N) is 2. The Morgan fingerprint density at radius 1 is 1.00 bits per heavy atom. The Morgan fingerprint density at radius 2 is 1.74 bits per heavy atom. The van der Waals surface area contributed by atoms with E-state index in [0.717, 1.165) is 33.7 Å². The number of amides is 1. The van der Waals surface area contributed by atoms with Gasteiger partial charge in [-0.05, 0) is 55.7 Å². The number of para-hydroxylation sites is 1. The van der Waals surface area contributed by atoms with Crippen LogP contribution < -0.4 is 15.5 Å². The number of carbonyl (C=O) groups excluding carboxylic acids is 1. The summed E-state index contributed by atoms with van der Waals surface area (Å²) in [5.41, 5.74) is 8.60. The molecule has 0 aliphatic carbocycles. The van der Waals surface area contributed by atoms with Gasteiger partial charge in [-0.1, -0.05) is 71.9 Å². The number of nitrogens with zero attached hydrogens (tertiary/aromatic N) is 3. The molecule has 0 unspecified atom stereocenters. The van der Waals surface area contributed by atoms with Gasteiger partial charge in [0.05, 0.1) is 6.04 Å². The molecule has 0 radical (unpaired) electrons. The fourth-order valence-corrected chi connectivity index (χ4v) is 5.05. The van der Waals surface area contributed by atoms with Crippen LogP contribution in [0, 0.1) is 20.8 Å². The molecule has 1 aliphatic rings. The molecule has 7 nitrogen and oxygen atoms in total. The quantitative estimate of drug-likeness (QED) is 0.392. The van der Waals surface area contributed by atoms with E-state index in [-0.39, 0.29) is 18.6 Å². The number of fused-ring (bicyclic) bond motifs is 1. The lowest BCUT2D eigenvalue weighted by molar-refractivity contribution is -0.116. The predicted molar refractivity (Wildman–Crippen MR) is 138 cm³/mol. The average Bonchev–Trinajstić information content (AvgIpc) is 3.27. The Kier molecular flexibility index (Phi) is 6.46. The number of rotatable bonds is 6. The largest absolute Gasteiger partial charge is 0.486 e. The molecule has 8 heteroatoms. The maximum absolute atomic E-state index is 13.6. The molecule has 1 amide bonds. The lowest BCUT2D eigenvalue weighted by atomic mass is 10.0. The number of hydrogen-bond acceptors (Lipinski definition) is 6. The van der Waals surface area contributed by atoms with E-state index < -0.39 is 5.25 Å². The van der Waals surface area contributed by atoms with Crippen molar-refractivity contribution in [3.63, 3.8) is 0 Å². The van der Waals surface area contributed by atoms with Crippen LogP contribution in [0.1, 0.15) is 34.1 Å². The van der Waals surface area contributed by atoms with Crippen molar-refractivity contribution in [2.45, 2.75) is 43.8 Å². The monoisotopic (exact) mass is 485 g/mol. The molecule has 1 aromatic heterocycles. The van der Waals surface area contributed by atoms with Gasteiger partial charge >= 0.3 is 0 Å². The predicted octanol–water partition coefficient (Wildman–Crippen LogP) is 5.18. The molecular weight excluding hydrogens is 458 g/mol. The van der Waals surface area contributed by atoms with Gasteiger partial charge in [0.15, 0.2) is 5.82 Å². The molecule has 0 saturated carbocycles. The molecule has 3 aromatic carbocycles. The summed E-state index contributed by atoms with van der Waals surface area (Å²) in [7, 11) is 0. The van der Waals surface area contributed by atoms with Gasteiger partial charge < -0.3 is 15.5 Å². The highest BCUT2D eigenvalue weighted by atomic mass is 32.2. The van der Waals surface area contributed by atoms with Crippen molar-refractivity contribution in [2.24, 2.45) is 0 Å². The van der Waals surface area contributed by atoms with Gasteiger partial charge in [-0.25, -0.2) is 4.68 Å². The summed E-state index contributed by atoms with van der Waals surface area (Å²) in [6.45, 7) is 6.32. The number of thioether (sulfide) groups is 1. The Hall–Kier alpha value is -3.78. The van der Waals surface area contributed by atoms with Gasteiger partial charge in [-0.2, -0.15) is 0 Å². The van der Waals surface area contributed by atoms with E-state index in [2.05, 4.69) is 52.1 Å². The second-order valence-corrected chi connectivity index (χ2v) is 9.81. The summed E-state index contributed by atoms with van der Waals surface area (Å²) in [5, 5.41) is 12.0. The van der Waals surface area contributed by atoms with Gasteiger partial charge in [0.25, 0.3) is 0 Å². The third kappa shape index (κ3) is 5.02. The Balaban J connectivity index is 1.43. The number of anilines is 1. The van der Waals surface area contributed by atoms with Crippen LogP contribution in [0.25, 0.3) is 0 Å². The van der Waals surface area contributed by atoms with E-state index in [1.54, 1.807) is 0 Å². The van der Waals surface area contributed by atoms with Crippen LogP contribution in [0.5, 0.6) is 5.75 Å². The van der Waals surface area contributed by atoms with Crippen molar-refractivity contribution in [3.8, 4) is 5.75 Å². The number of hydrogen-bond donors (Lipinski definition) is 2. The summed E-state index contributed by atoms with van der Waals surface area (Å²) < 4.78 is 7.73. The summed E-state index contributed by atoms with van der Waals surface area (Å²) >= 11 is 1.40. The normalized spacial score (nSPS) is 16.8. The van der Waals surface area contributed by atoms with Crippen molar-refractivity contribution in [3.05, 3.63) is 101 Å². The highest BCUT2D eigenvalue weighted by Crippen LogP contribution is 2.38. The van der Waals surface area contributed by atoms with E-state index in [0.29, 0.717) is 11.0 Å². The lowest BCUT2D eigenvalue weighted by Crippen LogP contribution is -2.41. The molecule has 2 N–H and O–H groups in total. The van der Waals surface area contributed by atoms with Crippen molar-refractivity contribution in [2.75, 3.05) is 10.7 Å². The summed E-state index contributed by atoms with van der Waals surface area (Å²) in [6, 6.07) is 23.6. The van der Waals surface area contributed by atoms with Gasteiger partial charge in [0.2, 0.25) is 11.1 Å². The molecule has 2 atom stereocenters. The summed E-state index contributed by atoms with van der Waals surface area (Å²) in [5.74, 6) is 1.31. The molecule has 2 heterocycles. The molecule has 35 heavy (non-hydrogen) atoms. The van der Waals surface area contributed by atoms with Crippen LogP contribution >= 0.6 is 11.8 Å². The molecule has 5 rings (SSSR count). The van der Waals surface area contributed by atoms with Crippen molar-refractivity contribution >= 4 is 23.4 Å². The fourth-order valence-electron chi connectivity index (χ4n) is 3.96. The third-order valence-corrected chi connectivity index (χ3v) is 7.18. The summed E-state index contributed by atoms with van der Waals surface area (Å²) in [4.78, 5) is 13.6. The minimum absolute atomic E-state index is 0.0851. The van der Waals surface area contributed by atoms with E-state index in [4.69, 9.17) is 4.74 Å². The Labute approximate surface area is 208 Å². The van der Waals surface area contributed by atoms with E-state index in [9.17, 15) is 4.79 Å². The standard InChI is InChI=1S/C27H27N5O2S/c1-17-10-13-20(14-11-17)24-25(26(33)28-22-15-18(2)9-12-19(22)3)35-27-30-29-23(32(27)31-24)16-34-21-7-5-4-6-8-21/h4-15,24-25,31H,16H2,1-3H3,(H,28,33)/t24-,25-/m1/s1. The molecule has 0 bridgehead atoms. The second-order valence-electron chi connectivity index (χ2n) is 8.70. The van der Waals surface area contributed by atoms with Crippen LogP contribution in [0.3, 0.4) is 0 Å². The zero-order valence-corrected chi connectivity index (χ0v) is 20.7.